The quantitative estimate of drug-likeness (QED) is 0.272. The molecule has 220 valence electrons. The van der Waals surface area contributed by atoms with Gasteiger partial charge in [-0.05, 0) is 61.7 Å². The normalized spacial score (nSPS) is 15.8. The molecule has 0 spiro atoms. The molecule has 2 aliphatic rings. The van der Waals surface area contributed by atoms with Crippen molar-refractivity contribution in [1.82, 2.24) is 29.6 Å². The van der Waals surface area contributed by atoms with Gasteiger partial charge < -0.3 is 15.5 Å². The molecule has 0 amide bonds. The average Bonchev–Trinajstić information content (AvgIpc) is 3.70. The second kappa shape index (κ2) is 11.3. The van der Waals surface area contributed by atoms with Crippen molar-refractivity contribution < 1.29 is 4.39 Å². The van der Waals surface area contributed by atoms with Gasteiger partial charge in [0.05, 0.1) is 11.4 Å². The first-order valence-corrected chi connectivity index (χ1v) is 15.0. The summed E-state index contributed by atoms with van der Waals surface area (Å²) in [5.41, 5.74) is 6.15. The number of aromatic nitrogens is 5. The van der Waals surface area contributed by atoms with Crippen LogP contribution in [0.1, 0.15) is 37.3 Å². The maximum Gasteiger partial charge on any atom is 0.260 e. The lowest BCUT2D eigenvalue weighted by Crippen LogP contribution is -2.43. The van der Waals surface area contributed by atoms with Crippen molar-refractivity contribution in [2.75, 3.05) is 36.4 Å². The summed E-state index contributed by atoms with van der Waals surface area (Å²) in [4.78, 5) is 25.8. The van der Waals surface area contributed by atoms with E-state index in [0.29, 0.717) is 28.5 Å². The molecular weight excluding hydrogens is 543 g/mol. The molecule has 7 rings (SSSR count). The van der Waals surface area contributed by atoms with Gasteiger partial charge in [0, 0.05) is 73.9 Å². The molecule has 0 unspecified atom stereocenters. The van der Waals surface area contributed by atoms with E-state index in [0.717, 1.165) is 79.6 Å². The molecule has 0 radical (unpaired) electrons. The number of hydrogen-bond acceptors (Lipinski definition) is 7. The van der Waals surface area contributed by atoms with E-state index in [1.165, 1.54) is 6.07 Å². The van der Waals surface area contributed by atoms with Crippen LogP contribution in [0.3, 0.4) is 0 Å². The van der Waals surface area contributed by atoms with Crippen LogP contribution < -0.4 is 21.1 Å². The van der Waals surface area contributed by atoms with Crippen LogP contribution in [0, 0.1) is 12.7 Å². The van der Waals surface area contributed by atoms with Crippen LogP contribution in [-0.2, 0) is 7.05 Å². The number of rotatable bonds is 6. The van der Waals surface area contributed by atoms with E-state index in [9.17, 15) is 4.79 Å². The fourth-order valence-electron chi connectivity index (χ4n) is 6.49. The van der Waals surface area contributed by atoms with Crippen LogP contribution in [0.15, 0.2) is 65.7 Å². The molecule has 1 aliphatic carbocycles. The van der Waals surface area contributed by atoms with Crippen LogP contribution in [0.5, 0.6) is 0 Å². The Kier molecular flexibility index (Phi) is 7.14. The van der Waals surface area contributed by atoms with Gasteiger partial charge in [0.15, 0.2) is 0 Å². The van der Waals surface area contributed by atoms with Crippen molar-refractivity contribution >= 4 is 28.4 Å². The molecule has 1 saturated carbocycles. The summed E-state index contributed by atoms with van der Waals surface area (Å²) < 4.78 is 18.8. The summed E-state index contributed by atoms with van der Waals surface area (Å²) >= 11 is 0. The number of nitrogens with one attached hydrogen (secondary N) is 2. The maximum absolute atomic E-state index is 15.1. The number of fused-ring (bicyclic) bond motifs is 1. The third-order valence-electron chi connectivity index (χ3n) is 8.69. The largest absolute Gasteiger partial charge is 0.367 e. The highest BCUT2D eigenvalue weighted by Gasteiger charge is 2.25. The van der Waals surface area contributed by atoms with Crippen molar-refractivity contribution in [2.45, 2.75) is 38.6 Å². The monoisotopic (exact) mass is 578 g/mol. The number of aryl methyl sites for hydroxylation is 2. The lowest BCUT2D eigenvalue weighted by Gasteiger charge is -2.29. The number of hydrogen-bond donors (Lipinski definition) is 2. The minimum absolute atomic E-state index is 0.0547. The lowest BCUT2D eigenvalue weighted by atomic mass is 9.95. The maximum atomic E-state index is 15.1. The van der Waals surface area contributed by atoms with Gasteiger partial charge in [-0.3, -0.25) is 14.0 Å². The van der Waals surface area contributed by atoms with Gasteiger partial charge in [0.25, 0.3) is 5.56 Å². The van der Waals surface area contributed by atoms with Gasteiger partial charge in [-0.25, -0.2) is 9.37 Å². The molecule has 0 bridgehead atoms. The third-order valence-corrected chi connectivity index (χ3v) is 8.69. The standard InChI is InChI=1S/C33H35FN8O/c1-21-7-9-25(26(17-21)29-11-12-37-40(29)2)27-18-22-20-36-33(39-31(22)42(32(27)43)24-5-3-4-6-24)38-23-8-10-30(28(34)19-23)41-15-13-35-14-16-41/h7-12,17-20,24,35H,3-6,13-16H2,1-2H3,(H,36,38,39). The highest BCUT2D eigenvalue weighted by molar-refractivity contribution is 5.88. The van der Waals surface area contributed by atoms with Gasteiger partial charge >= 0.3 is 0 Å². The Morgan fingerprint density at radius 1 is 0.977 bits per heavy atom. The van der Waals surface area contributed by atoms with E-state index >= 15 is 4.39 Å². The Hall–Kier alpha value is -4.57. The van der Waals surface area contributed by atoms with E-state index in [-0.39, 0.29) is 17.4 Å². The number of benzene rings is 2. The van der Waals surface area contributed by atoms with E-state index in [1.807, 2.05) is 58.5 Å². The highest BCUT2D eigenvalue weighted by Crippen LogP contribution is 2.35. The summed E-state index contributed by atoms with van der Waals surface area (Å²) in [6.45, 7) is 5.26. The van der Waals surface area contributed by atoms with Crippen LogP contribution in [0.4, 0.5) is 21.7 Å². The van der Waals surface area contributed by atoms with Crippen molar-refractivity contribution in [2.24, 2.45) is 7.05 Å². The second-order valence-electron chi connectivity index (χ2n) is 11.6. The zero-order chi connectivity index (χ0) is 29.5. The van der Waals surface area contributed by atoms with E-state index in [1.54, 1.807) is 18.5 Å². The minimum atomic E-state index is -0.289. The topological polar surface area (TPSA) is 92.9 Å². The predicted octanol–water partition coefficient (Wildman–Crippen LogP) is 5.57. The molecule has 3 aromatic heterocycles. The van der Waals surface area contributed by atoms with Crippen LogP contribution in [-0.4, -0.2) is 50.5 Å². The Morgan fingerprint density at radius 2 is 1.79 bits per heavy atom. The van der Waals surface area contributed by atoms with Crippen molar-refractivity contribution in [3.63, 3.8) is 0 Å². The molecule has 5 aromatic rings. The summed E-state index contributed by atoms with van der Waals surface area (Å²) in [5.74, 6) is 0.0362. The first-order valence-electron chi connectivity index (χ1n) is 15.0. The van der Waals surface area contributed by atoms with Gasteiger partial charge in [0.1, 0.15) is 11.5 Å². The summed E-state index contributed by atoms with van der Waals surface area (Å²) in [7, 11) is 1.91. The number of pyridine rings is 1. The predicted molar refractivity (Wildman–Crippen MR) is 168 cm³/mol. The van der Waals surface area contributed by atoms with Crippen molar-refractivity contribution in [3.05, 3.63) is 82.7 Å². The molecule has 1 saturated heterocycles. The van der Waals surface area contributed by atoms with E-state index < -0.39 is 0 Å². The second-order valence-corrected chi connectivity index (χ2v) is 11.6. The van der Waals surface area contributed by atoms with Crippen LogP contribution >= 0.6 is 0 Å². The molecule has 1 aliphatic heterocycles. The number of halogens is 1. The Morgan fingerprint density at radius 3 is 2.53 bits per heavy atom. The first kappa shape index (κ1) is 27.3. The fraction of sp³-hybridized carbons (Fsp3) is 0.333. The van der Waals surface area contributed by atoms with Gasteiger partial charge in [0.2, 0.25) is 5.95 Å². The molecule has 10 heteroatoms. The molecule has 2 N–H and O–H groups in total. The smallest absolute Gasteiger partial charge is 0.260 e. The summed E-state index contributed by atoms with van der Waals surface area (Å²) in [5, 5.41) is 11.6. The molecule has 2 aromatic carbocycles. The Balaban J connectivity index is 1.31. The van der Waals surface area contributed by atoms with Crippen molar-refractivity contribution in [1.29, 1.82) is 0 Å². The molecular formula is C33H35FN8O. The number of nitrogens with zero attached hydrogens (tertiary/aromatic N) is 6. The molecule has 43 heavy (non-hydrogen) atoms. The SMILES string of the molecule is Cc1ccc(-c2cc3cnc(Nc4ccc(N5CCNCC5)c(F)c4)nc3n(C3CCCC3)c2=O)c(-c2ccnn2C)c1. The molecule has 0 atom stereocenters. The highest BCUT2D eigenvalue weighted by atomic mass is 19.1. The molecule has 2 fully saturated rings. The zero-order valence-corrected chi connectivity index (χ0v) is 24.5. The third kappa shape index (κ3) is 5.16. The van der Waals surface area contributed by atoms with Crippen LogP contribution in [0.25, 0.3) is 33.4 Å². The van der Waals surface area contributed by atoms with Crippen molar-refractivity contribution in [3.8, 4) is 22.4 Å². The van der Waals surface area contributed by atoms with Gasteiger partial charge in [-0.2, -0.15) is 10.1 Å². The molecule has 4 heterocycles. The van der Waals surface area contributed by atoms with Gasteiger partial charge in [-0.15, -0.1) is 0 Å². The number of anilines is 3. The summed E-state index contributed by atoms with van der Waals surface area (Å²) in [6, 6.07) is 15.2. The first-order chi connectivity index (χ1) is 21.0. The van der Waals surface area contributed by atoms with Crippen LogP contribution in [0.2, 0.25) is 0 Å². The Labute approximate surface area is 249 Å². The number of piperazine rings is 1. The fourth-order valence-corrected chi connectivity index (χ4v) is 6.49. The van der Waals surface area contributed by atoms with E-state index in [4.69, 9.17) is 4.98 Å². The summed E-state index contributed by atoms with van der Waals surface area (Å²) in [6.07, 6.45) is 7.51. The molecule has 9 nitrogen and oxygen atoms in total. The zero-order valence-electron chi connectivity index (χ0n) is 24.5. The Bertz CT molecular complexity index is 1870. The average molecular weight is 579 g/mol. The van der Waals surface area contributed by atoms with E-state index in [2.05, 4.69) is 26.8 Å². The lowest BCUT2D eigenvalue weighted by molar-refractivity contribution is 0.516. The van der Waals surface area contributed by atoms with Gasteiger partial charge in [-0.1, -0.05) is 30.5 Å². The minimum Gasteiger partial charge on any atom is -0.367 e.